The molecular formula is C18H18FN3O2S2. The summed E-state index contributed by atoms with van der Waals surface area (Å²) >= 11 is 1.30. The zero-order chi connectivity index (χ0) is 18.6. The van der Waals surface area contributed by atoms with E-state index >= 15 is 0 Å². The van der Waals surface area contributed by atoms with Crippen LogP contribution < -0.4 is 0 Å². The molecule has 0 atom stereocenters. The number of halogens is 1. The lowest BCUT2D eigenvalue weighted by Crippen LogP contribution is -2.08. The van der Waals surface area contributed by atoms with E-state index in [0.717, 1.165) is 5.56 Å². The number of aromatic nitrogens is 3. The topological polar surface area (TPSA) is 64.8 Å². The van der Waals surface area contributed by atoms with Crippen LogP contribution in [0.15, 0.2) is 59.8 Å². The summed E-state index contributed by atoms with van der Waals surface area (Å²) in [6, 6.07) is 16.1. The Hall–Kier alpha value is -2.19. The second-order valence-electron chi connectivity index (χ2n) is 5.84. The molecular weight excluding hydrogens is 373 g/mol. The molecule has 0 aliphatic carbocycles. The lowest BCUT2D eigenvalue weighted by Gasteiger charge is -2.11. The Kier molecular flexibility index (Phi) is 5.73. The molecule has 8 heteroatoms. The minimum atomic E-state index is -3.06. The molecule has 136 valence electrons. The highest BCUT2D eigenvalue weighted by molar-refractivity contribution is 8.00. The van der Waals surface area contributed by atoms with Crippen molar-refractivity contribution in [3.8, 4) is 11.4 Å². The van der Waals surface area contributed by atoms with E-state index in [0.29, 0.717) is 28.8 Å². The SMILES string of the molecule is CS(=O)(=O)CCSc1nnc(-c2ccccc2F)n1Cc1ccccc1. The predicted octanol–water partition coefficient (Wildman–Crippen LogP) is 3.27. The van der Waals surface area contributed by atoms with Crippen LogP contribution in [-0.4, -0.2) is 40.9 Å². The maximum Gasteiger partial charge on any atom is 0.191 e. The average molecular weight is 391 g/mol. The van der Waals surface area contributed by atoms with Gasteiger partial charge in [0.2, 0.25) is 0 Å². The average Bonchev–Trinajstić information content (AvgIpc) is 2.98. The maximum atomic E-state index is 14.2. The normalized spacial score (nSPS) is 11.6. The van der Waals surface area contributed by atoms with Crippen LogP contribution >= 0.6 is 11.8 Å². The minimum absolute atomic E-state index is 0.0465. The van der Waals surface area contributed by atoms with Gasteiger partial charge in [-0.3, -0.25) is 4.57 Å². The second-order valence-corrected chi connectivity index (χ2v) is 9.16. The number of hydrogen-bond donors (Lipinski definition) is 0. The van der Waals surface area contributed by atoms with Gasteiger partial charge in [-0.25, -0.2) is 12.8 Å². The fourth-order valence-corrected chi connectivity index (χ4v) is 4.56. The highest BCUT2D eigenvalue weighted by atomic mass is 32.2. The third kappa shape index (κ3) is 4.70. The molecule has 3 aromatic rings. The van der Waals surface area contributed by atoms with Gasteiger partial charge in [0, 0.05) is 12.0 Å². The van der Waals surface area contributed by atoms with E-state index in [1.807, 2.05) is 34.9 Å². The maximum absolute atomic E-state index is 14.2. The minimum Gasteiger partial charge on any atom is -0.297 e. The third-order valence-corrected chi connectivity index (χ3v) is 5.87. The molecule has 1 aromatic heterocycles. The Morgan fingerprint density at radius 3 is 2.42 bits per heavy atom. The predicted molar refractivity (Wildman–Crippen MR) is 101 cm³/mol. The Morgan fingerprint density at radius 1 is 1.04 bits per heavy atom. The van der Waals surface area contributed by atoms with E-state index in [4.69, 9.17) is 0 Å². The number of nitrogens with zero attached hydrogens (tertiary/aromatic N) is 3. The molecule has 0 aliphatic heterocycles. The third-order valence-electron chi connectivity index (χ3n) is 3.70. The summed E-state index contributed by atoms with van der Waals surface area (Å²) in [4.78, 5) is 0. The van der Waals surface area contributed by atoms with Crippen LogP contribution in [0.3, 0.4) is 0 Å². The van der Waals surface area contributed by atoms with E-state index in [9.17, 15) is 12.8 Å². The van der Waals surface area contributed by atoms with Crippen LogP contribution in [0, 0.1) is 5.82 Å². The van der Waals surface area contributed by atoms with Gasteiger partial charge < -0.3 is 0 Å². The molecule has 0 radical (unpaired) electrons. The first-order chi connectivity index (χ1) is 12.4. The number of rotatable bonds is 7. The highest BCUT2D eigenvalue weighted by Crippen LogP contribution is 2.27. The van der Waals surface area contributed by atoms with E-state index in [-0.39, 0.29) is 11.6 Å². The molecule has 3 rings (SSSR count). The van der Waals surface area contributed by atoms with Crippen LogP contribution in [0.2, 0.25) is 0 Å². The van der Waals surface area contributed by atoms with E-state index in [2.05, 4.69) is 10.2 Å². The van der Waals surface area contributed by atoms with Gasteiger partial charge in [0.1, 0.15) is 15.7 Å². The number of sulfone groups is 1. The Bertz CT molecular complexity index is 989. The van der Waals surface area contributed by atoms with E-state index < -0.39 is 9.84 Å². The molecule has 0 amide bonds. The molecule has 0 saturated heterocycles. The zero-order valence-corrected chi connectivity index (χ0v) is 15.8. The van der Waals surface area contributed by atoms with Gasteiger partial charge in [0.25, 0.3) is 0 Å². The monoisotopic (exact) mass is 391 g/mol. The highest BCUT2D eigenvalue weighted by Gasteiger charge is 2.18. The summed E-state index contributed by atoms with van der Waals surface area (Å²) in [5.74, 6) is 0.462. The van der Waals surface area contributed by atoms with Crippen molar-refractivity contribution in [1.29, 1.82) is 0 Å². The Morgan fingerprint density at radius 2 is 1.73 bits per heavy atom. The summed E-state index contributed by atoms with van der Waals surface area (Å²) in [6.45, 7) is 0.471. The largest absolute Gasteiger partial charge is 0.297 e. The molecule has 0 unspecified atom stereocenters. The van der Waals surface area contributed by atoms with Crippen LogP contribution in [0.25, 0.3) is 11.4 Å². The van der Waals surface area contributed by atoms with Gasteiger partial charge in [0.05, 0.1) is 17.9 Å². The van der Waals surface area contributed by atoms with Crippen LogP contribution in [0.5, 0.6) is 0 Å². The van der Waals surface area contributed by atoms with Crippen molar-refractivity contribution in [2.24, 2.45) is 0 Å². The Labute approximate surface area is 156 Å². The van der Waals surface area contributed by atoms with Crippen LogP contribution in [0.4, 0.5) is 4.39 Å². The lowest BCUT2D eigenvalue weighted by molar-refractivity contribution is 0.603. The van der Waals surface area contributed by atoms with Crippen LogP contribution in [0.1, 0.15) is 5.56 Å². The number of benzene rings is 2. The first kappa shape index (κ1) is 18.6. The molecule has 0 aliphatic rings. The van der Waals surface area contributed by atoms with Crippen molar-refractivity contribution in [3.63, 3.8) is 0 Å². The van der Waals surface area contributed by atoms with Gasteiger partial charge in [-0.15, -0.1) is 10.2 Å². The standard InChI is InChI=1S/C18H18FN3O2S2/c1-26(23,24)12-11-25-18-21-20-17(15-9-5-6-10-16(15)19)22(18)13-14-7-3-2-4-8-14/h2-10H,11-13H2,1H3. The molecule has 2 aromatic carbocycles. The molecule has 1 heterocycles. The first-order valence-corrected chi connectivity index (χ1v) is 11.0. The van der Waals surface area contributed by atoms with E-state index in [1.54, 1.807) is 18.2 Å². The fraction of sp³-hybridized carbons (Fsp3) is 0.222. The molecule has 0 spiro atoms. The van der Waals surface area contributed by atoms with Gasteiger partial charge >= 0.3 is 0 Å². The van der Waals surface area contributed by atoms with Gasteiger partial charge in [-0.05, 0) is 17.7 Å². The summed E-state index contributed by atoms with van der Waals surface area (Å²) in [5.41, 5.74) is 1.39. The smallest absolute Gasteiger partial charge is 0.191 e. The Balaban J connectivity index is 1.95. The number of thioether (sulfide) groups is 1. The van der Waals surface area contributed by atoms with Crippen molar-refractivity contribution >= 4 is 21.6 Å². The molecule has 5 nitrogen and oxygen atoms in total. The van der Waals surface area contributed by atoms with Crippen molar-refractivity contribution < 1.29 is 12.8 Å². The molecule has 0 fully saturated rings. The fourth-order valence-electron chi connectivity index (χ4n) is 2.43. The van der Waals surface area contributed by atoms with E-state index in [1.165, 1.54) is 24.1 Å². The molecule has 0 saturated carbocycles. The summed E-state index contributed by atoms with van der Waals surface area (Å²) < 4.78 is 38.8. The quantitative estimate of drug-likeness (QED) is 0.579. The van der Waals surface area contributed by atoms with Crippen molar-refractivity contribution in [3.05, 3.63) is 66.0 Å². The molecule has 0 bridgehead atoms. The summed E-state index contributed by atoms with van der Waals surface area (Å²) in [5, 5.41) is 8.89. The van der Waals surface area contributed by atoms with Gasteiger partial charge in [-0.2, -0.15) is 0 Å². The van der Waals surface area contributed by atoms with Crippen LogP contribution in [-0.2, 0) is 16.4 Å². The lowest BCUT2D eigenvalue weighted by atomic mass is 10.2. The summed E-state index contributed by atoms with van der Waals surface area (Å²) in [6.07, 6.45) is 1.20. The number of hydrogen-bond acceptors (Lipinski definition) is 5. The molecule has 0 N–H and O–H groups in total. The second kappa shape index (κ2) is 8.01. The van der Waals surface area contributed by atoms with Crippen molar-refractivity contribution in [2.75, 3.05) is 17.8 Å². The van der Waals surface area contributed by atoms with Gasteiger partial charge in [-0.1, -0.05) is 54.2 Å². The van der Waals surface area contributed by atoms with Gasteiger partial charge in [0.15, 0.2) is 11.0 Å². The summed E-state index contributed by atoms with van der Waals surface area (Å²) in [7, 11) is -3.06. The first-order valence-electron chi connectivity index (χ1n) is 7.96. The zero-order valence-electron chi connectivity index (χ0n) is 14.2. The van der Waals surface area contributed by atoms with Crippen molar-refractivity contribution in [2.45, 2.75) is 11.7 Å². The molecule has 26 heavy (non-hydrogen) atoms. The van der Waals surface area contributed by atoms with Crippen molar-refractivity contribution in [1.82, 2.24) is 14.8 Å².